The molecule has 27 heavy (non-hydrogen) atoms. The molecule has 5 rings (SSSR count). The van der Waals surface area contributed by atoms with Gasteiger partial charge in [-0.3, -0.25) is 9.30 Å². The number of benzene rings is 1. The van der Waals surface area contributed by atoms with E-state index in [1.54, 1.807) is 12.5 Å². The third kappa shape index (κ3) is 2.82. The number of nitrogens with one attached hydrogen (secondary N) is 1. The van der Waals surface area contributed by atoms with Crippen molar-refractivity contribution in [3.8, 4) is 0 Å². The lowest BCUT2D eigenvalue weighted by molar-refractivity contribution is 0.244. The van der Waals surface area contributed by atoms with Crippen LogP contribution >= 0.6 is 0 Å². The first-order chi connectivity index (χ1) is 13.2. The van der Waals surface area contributed by atoms with Gasteiger partial charge in [0.1, 0.15) is 18.0 Å². The molecule has 8 nitrogen and oxygen atoms in total. The summed E-state index contributed by atoms with van der Waals surface area (Å²) in [6.45, 7) is 9.00. The molecule has 0 amide bonds. The molecule has 0 spiro atoms. The fourth-order valence-electron chi connectivity index (χ4n) is 3.77. The van der Waals surface area contributed by atoms with E-state index in [-0.39, 0.29) is 0 Å². The summed E-state index contributed by atoms with van der Waals surface area (Å²) in [7, 11) is 0. The van der Waals surface area contributed by atoms with Gasteiger partial charge in [-0.05, 0) is 37.1 Å². The molecule has 4 heterocycles. The number of anilines is 1. The number of hydrogen-bond acceptors (Lipinski definition) is 6. The molecule has 0 radical (unpaired) electrons. The van der Waals surface area contributed by atoms with Crippen LogP contribution in [0, 0.1) is 13.8 Å². The van der Waals surface area contributed by atoms with Crippen molar-refractivity contribution in [2.45, 2.75) is 20.4 Å². The highest BCUT2D eigenvalue weighted by molar-refractivity contribution is 5.79. The summed E-state index contributed by atoms with van der Waals surface area (Å²) in [6.07, 6.45) is 3.52. The second-order valence-corrected chi connectivity index (χ2v) is 7.15. The minimum Gasteiger partial charge on any atom is -0.355 e. The van der Waals surface area contributed by atoms with Crippen LogP contribution in [0.3, 0.4) is 0 Å². The number of hydrogen-bond donors (Lipinski definition) is 1. The van der Waals surface area contributed by atoms with Crippen LogP contribution in [0.4, 0.5) is 5.82 Å². The second-order valence-electron chi connectivity index (χ2n) is 7.15. The molecule has 8 heteroatoms. The summed E-state index contributed by atoms with van der Waals surface area (Å²) in [5, 5.41) is 7.99. The summed E-state index contributed by atoms with van der Waals surface area (Å²) in [4.78, 5) is 17.4. The van der Waals surface area contributed by atoms with Gasteiger partial charge in [0.2, 0.25) is 0 Å². The lowest BCUT2D eigenvalue weighted by atomic mass is 10.1. The van der Waals surface area contributed by atoms with E-state index in [0.29, 0.717) is 5.78 Å². The molecule has 1 fully saturated rings. The lowest BCUT2D eigenvalue weighted by Gasteiger charge is -2.35. The van der Waals surface area contributed by atoms with Gasteiger partial charge in [0.15, 0.2) is 0 Å². The first-order valence-electron chi connectivity index (χ1n) is 9.26. The van der Waals surface area contributed by atoms with Crippen molar-refractivity contribution in [3.05, 3.63) is 47.7 Å². The normalized spacial score (nSPS) is 15.9. The van der Waals surface area contributed by atoms with Crippen LogP contribution in [0.15, 0.2) is 30.7 Å². The number of imidazole rings is 1. The van der Waals surface area contributed by atoms with Crippen LogP contribution in [0.1, 0.15) is 17.0 Å². The van der Waals surface area contributed by atoms with Gasteiger partial charge >= 0.3 is 0 Å². The molecule has 0 atom stereocenters. The molecule has 138 valence electrons. The van der Waals surface area contributed by atoms with Gasteiger partial charge in [-0.1, -0.05) is 6.07 Å². The van der Waals surface area contributed by atoms with Crippen molar-refractivity contribution < 1.29 is 0 Å². The summed E-state index contributed by atoms with van der Waals surface area (Å²) in [5.74, 6) is 2.78. The van der Waals surface area contributed by atoms with Crippen molar-refractivity contribution in [1.82, 2.24) is 34.4 Å². The maximum Gasteiger partial charge on any atom is 0.256 e. The standard InChI is InChI=1S/C19H22N8/c1-13-3-4-15-18(14(13)2)23-16(22-15)11-25-7-9-26(10-8-25)17-5-6-20-19-24-21-12-27(17)19/h3-6,12H,7-11H2,1-2H3,(H,22,23). The largest absolute Gasteiger partial charge is 0.355 e. The van der Waals surface area contributed by atoms with Crippen LogP contribution in [0.2, 0.25) is 0 Å². The zero-order valence-corrected chi connectivity index (χ0v) is 15.6. The highest BCUT2D eigenvalue weighted by Crippen LogP contribution is 2.21. The van der Waals surface area contributed by atoms with Crippen molar-refractivity contribution in [1.29, 1.82) is 0 Å². The maximum atomic E-state index is 4.84. The van der Waals surface area contributed by atoms with Gasteiger partial charge in [-0.2, -0.15) is 0 Å². The average Bonchev–Trinajstić information content (AvgIpc) is 3.32. The Hall–Kier alpha value is -3.00. The fraction of sp³-hybridized carbons (Fsp3) is 0.368. The number of rotatable bonds is 3. The van der Waals surface area contributed by atoms with Crippen LogP contribution in [0.5, 0.6) is 0 Å². The summed E-state index contributed by atoms with van der Waals surface area (Å²) in [5.41, 5.74) is 4.76. The van der Waals surface area contributed by atoms with E-state index in [0.717, 1.165) is 55.4 Å². The number of aromatic nitrogens is 6. The summed E-state index contributed by atoms with van der Waals surface area (Å²) in [6, 6.07) is 6.30. The Morgan fingerprint density at radius 2 is 1.93 bits per heavy atom. The molecular weight excluding hydrogens is 340 g/mol. The maximum absolute atomic E-state index is 4.84. The predicted octanol–water partition coefficient (Wildman–Crippen LogP) is 1.94. The zero-order valence-electron chi connectivity index (χ0n) is 15.6. The Kier molecular flexibility index (Phi) is 3.78. The monoisotopic (exact) mass is 362 g/mol. The van der Waals surface area contributed by atoms with Crippen LogP contribution in [-0.4, -0.2) is 60.6 Å². The van der Waals surface area contributed by atoms with Gasteiger partial charge in [-0.15, -0.1) is 10.2 Å². The molecule has 1 aliphatic heterocycles. The Morgan fingerprint density at radius 3 is 2.78 bits per heavy atom. The van der Waals surface area contributed by atoms with Gasteiger partial charge in [0, 0.05) is 32.4 Å². The minimum atomic E-state index is 0.642. The zero-order chi connectivity index (χ0) is 18.4. The third-order valence-electron chi connectivity index (χ3n) is 5.49. The predicted molar refractivity (Wildman–Crippen MR) is 104 cm³/mol. The van der Waals surface area contributed by atoms with Crippen molar-refractivity contribution in [3.63, 3.8) is 0 Å². The molecule has 1 saturated heterocycles. The van der Waals surface area contributed by atoms with Crippen LogP contribution < -0.4 is 4.90 Å². The lowest BCUT2D eigenvalue weighted by Crippen LogP contribution is -2.46. The number of H-pyrrole nitrogens is 1. The van der Waals surface area contributed by atoms with E-state index >= 15 is 0 Å². The average molecular weight is 362 g/mol. The van der Waals surface area contributed by atoms with Crippen LogP contribution in [-0.2, 0) is 6.54 Å². The Labute approximate surface area is 156 Å². The molecule has 0 unspecified atom stereocenters. The van der Waals surface area contributed by atoms with Crippen molar-refractivity contribution in [2.75, 3.05) is 31.1 Å². The smallest absolute Gasteiger partial charge is 0.256 e. The highest BCUT2D eigenvalue weighted by atomic mass is 15.3. The molecular formula is C19H22N8. The first kappa shape index (κ1) is 16.2. The van der Waals surface area contributed by atoms with E-state index in [1.165, 1.54) is 11.1 Å². The Balaban J connectivity index is 1.30. The molecule has 4 aromatic rings. The van der Waals surface area contributed by atoms with E-state index < -0.39 is 0 Å². The molecule has 1 aromatic carbocycles. The summed E-state index contributed by atoms with van der Waals surface area (Å²) >= 11 is 0. The number of aromatic amines is 1. The van der Waals surface area contributed by atoms with Gasteiger partial charge in [0.05, 0.1) is 17.6 Å². The number of aryl methyl sites for hydroxylation is 2. The van der Waals surface area contributed by atoms with Crippen molar-refractivity contribution in [2.24, 2.45) is 0 Å². The van der Waals surface area contributed by atoms with Gasteiger partial charge < -0.3 is 9.88 Å². The molecule has 0 aliphatic carbocycles. The first-order valence-corrected chi connectivity index (χ1v) is 9.26. The number of nitrogens with zero attached hydrogens (tertiary/aromatic N) is 7. The molecule has 3 aromatic heterocycles. The number of piperazine rings is 1. The Bertz CT molecular complexity index is 1100. The minimum absolute atomic E-state index is 0.642. The van der Waals surface area contributed by atoms with E-state index in [9.17, 15) is 0 Å². The molecule has 0 saturated carbocycles. The van der Waals surface area contributed by atoms with E-state index in [4.69, 9.17) is 4.98 Å². The highest BCUT2D eigenvalue weighted by Gasteiger charge is 2.20. The Morgan fingerprint density at radius 1 is 1.07 bits per heavy atom. The second kappa shape index (κ2) is 6.31. The van der Waals surface area contributed by atoms with E-state index in [1.807, 2.05) is 10.5 Å². The topological polar surface area (TPSA) is 78.2 Å². The van der Waals surface area contributed by atoms with E-state index in [2.05, 4.69) is 55.9 Å². The number of fused-ring (bicyclic) bond motifs is 2. The SMILES string of the molecule is Cc1ccc2[nH]c(CN3CCN(c4ccnc5nncn45)CC3)nc2c1C. The summed E-state index contributed by atoms with van der Waals surface area (Å²) < 4.78 is 1.94. The molecule has 0 bridgehead atoms. The van der Waals surface area contributed by atoms with Gasteiger partial charge in [0.25, 0.3) is 5.78 Å². The van der Waals surface area contributed by atoms with Crippen LogP contribution in [0.25, 0.3) is 16.8 Å². The molecule has 1 aliphatic rings. The van der Waals surface area contributed by atoms with Crippen molar-refractivity contribution >= 4 is 22.6 Å². The molecule has 1 N–H and O–H groups in total. The quantitative estimate of drug-likeness (QED) is 0.600. The fourth-order valence-corrected chi connectivity index (χ4v) is 3.77. The van der Waals surface area contributed by atoms with Gasteiger partial charge in [-0.25, -0.2) is 9.97 Å². The third-order valence-corrected chi connectivity index (χ3v) is 5.49.